The number of fused-ring (bicyclic) bond motifs is 3. The van der Waals surface area contributed by atoms with Gasteiger partial charge in [0.2, 0.25) is 0 Å². The lowest BCUT2D eigenvalue weighted by Gasteiger charge is -2.07. The maximum absolute atomic E-state index is 5.44. The first-order chi connectivity index (χ1) is 9.42. The third-order valence-corrected chi connectivity index (χ3v) is 3.55. The van der Waals surface area contributed by atoms with Gasteiger partial charge in [-0.15, -0.1) is 0 Å². The quantitative estimate of drug-likeness (QED) is 0.621. The highest BCUT2D eigenvalue weighted by molar-refractivity contribution is 6.07. The number of ether oxygens (including phenoxy) is 1. The molecule has 1 heterocycles. The average molecular weight is 253 g/mol. The zero-order chi connectivity index (χ0) is 13.1. The number of hydrogen-bond acceptors (Lipinski definition) is 1. The molecular formula is C17H19NO. The number of benzene rings is 2. The molecule has 0 aliphatic heterocycles. The van der Waals surface area contributed by atoms with Crippen LogP contribution in [0.15, 0.2) is 48.5 Å². The van der Waals surface area contributed by atoms with E-state index in [1.165, 1.54) is 21.8 Å². The van der Waals surface area contributed by atoms with E-state index in [0.29, 0.717) is 0 Å². The minimum atomic E-state index is 0.799. The number of rotatable bonds is 5. The molecule has 0 N–H and O–H groups in total. The molecule has 0 bridgehead atoms. The molecule has 0 spiro atoms. The molecular weight excluding hydrogens is 234 g/mol. The van der Waals surface area contributed by atoms with Gasteiger partial charge in [0.1, 0.15) is 0 Å². The number of hydrogen-bond donors (Lipinski definition) is 0. The van der Waals surface area contributed by atoms with Crippen molar-refractivity contribution in [3.63, 3.8) is 0 Å². The Hall–Kier alpha value is -1.80. The second kappa shape index (κ2) is 5.45. The maximum atomic E-state index is 5.44. The van der Waals surface area contributed by atoms with Crippen LogP contribution >= 0.6 is 0 Å². The van der Waals surface area contributed by atoms with Gasteiger partial charge in [0, 0.05) is 41.6 Å². The maximum Gasteiger partial charge on any atom is 0.0491 e. The lowest BCUT2D eigenvalue weighted by Crippen LogP contribution is -2.02. The van der Waals surface area contributed by atoms with Crippen molar-refractivity contribution in [1.82, 2.24) is 4.57 Å². The van der Waals surface area contributed by atoms with Crippen molar-refractivity contribution >= 4 is 21.8 Å². The molecule has 0 radical (unpaired) electrons. The number of aromatic nitrogens is 1. The van der Waals surface area contributed by atoms with Gasteiger partial charge in [0.25, 0.3) is 0 Å². The molecule has 0 fully saturated rings. The highest BCUT2D eigenvalue weighted by atomic mass is 16.5. The average Bonchev–Trinajstić information content (AvgIpc) is 2.78. The van der Waals surface area contributed by atoms with E-state index in [1.54, 1.807) is 0 Å². The Morgan fingerprint density at radius 2 is 1.47 bits per heavy atom. The minimum absolute atomic E-state index is 0.799. The van der Waals surface area contributed by atoms with Gasteiger partial charge >= 0.3 is 0 Å². The summed E-state index contributed by atoms with van der Waals surface area (Å²) in [6.45, 7) is 4.68. The molecule has 0 saturated carbocycles. The first-order valence-electron chi connectivity index (χ1n) is 6.95. The topological polar surface area (TPSA) is 14.2 Å². The van der Waals surface area contributed by atoms with E-state index < -0.39 is 0 Å². The largest absolute Gasteiger partial charge is 0.382 e. The van der Waals surface area contributed by atoms with E-state index >= 15 is 0 Å². The summed E-state index contributed by atoms with van der Waals surface area (Å²) in [6.07, 6.45) is 1.05. The Morgan fingerprint density at radius 3 is 2.05 bits per heavy atom. The van der Waals surface area contributed by atoms with Crippen molar-refractivity contribution < 1.29 is 4.74 Å². The second-order valence-corrected chi connectivity index (χ2v) is 4.74. The number of para-hydroxylation sites is 2. The van der Waals surface area contributed by atoms with Crippen LogP contribution in [0.1, 0.15) is 13.3 Å². The smallest absolute Gasteiger partial charge is 0.0491 e. The van der Waals surface area contributed by atoms with Gasteiger partial charge in [-0.1, -0.05) is 36.4 Å². The monoisotopic (exact) mass is 253 g/mol. The minimum Gasteiger partial charge on any atom is -0.382 e. The lowest BCUT2D eigenvalue weighted by molar-refractivity contribution is 0.142. The van der Waals surface area contributed by atoms with Crippen LogP contribution in [0, 0.1) is 0 Å². The van der Waals surface area contributed by atoms with Crippen molar-refractivity contribution in [2.45, 2.75) is 19.9 Å². The fourth-order valence-electron chi connectivity index (χ4n) is 2.71. The lowest BCUT2D eigenvalue weighted by atomic mass is 10.2. The molecule has 0 aliphatic rings. The molecule has 2 aromatic carbocycles. The zero-order valence-corrected chi connectivity index (χ0v) is 11.3. The van der Waals surface area contributed by atoms with E-state index in [0.717, 1.165) is 26.2 Å². The van der Waals surface area contributed by atoms with Crippen molar-refractivity contribution in [3.05, 3.63) is 48.5 Å². The molecule has 2 heteroatoms. The van der Waals surface area contributed by atoms with Crippen molar-refractivity contribution in [2.24, 2.45) is 0 Å². The molecule has 0 amide bonds. The summed E-state index contributed by atoms with van der Waals surface area (Å²) in [7, 11) is 0. The van der Waals surface area contributed by atoms with Crippen LogP contribution in [-0.2, 0) is 11.3 Å². The van der Waals surface area contributed by atoms with Crippen molar-refractivity contribution in [3.8, 4) is 0 Å². The van der Waals surface area contributed by atoms with Crippen molar-refractivity contribution in [2.75, 3.05) is 13.2 Å². The van der Waals surface area contributed by atoms with E-state index in [9.17, 15) is 0 Å². The Labute approximate surface area is 113 Å². The molecule has 0 atom stereocenters. The third-order valence-electron chi connectivity index (χ3n) is 3.55. The summed E-state index contributed by atoms with van der Waals surface area (Å²) in [4.78, 5) is 0. The molecule has 19 heavy (non-hydrogen) atoms. The van der Waals surface area contributed by atoms with Crippen molar-refractivity contribution in [1.29, 1.82) is 0 Å². The summed E-state index contributed by atoms with van der Waals surface area (Å²) < 4.78 is 7.85. The fraction of sp³-hybridized carbons (Fsp3) is 0.294. The Balaban J connectivity index is 2.04. The molecule has 0 unspecified atom stereocenters. The molecule has 0 aliphatic carbocycles. The predicted molar refractivity (Wildman–Crippen MR) is 80.6 cm³/mol. The van der Waals surface area contributed by atoms with E-state index in [-0.39, 0.29) is 0 Å². The molecule has 3 rings (SSSR count). The Bertz CT molecular complexity index is 631. The number of aryl methyl sites for hydroxylation is 1. The molecule has 98 valence electrons. The molecule has 0 saturated heterocycles. The SMILES string of the molecule is CCOCCCn1c2ccccc2c2ccccc21. The molecule has 2 nitrogen and oxygen atoms in total. The fourth-order valence-corrected chi connectivity index (χ4v) is 2.71. The van der Waals surface area contributed by atoms with Gasteiger partial charge in [-0.25, -0.2) is 0 Å². The highest BCUT2D eigenvalue weighted by Gasteiger charge is 2.08. The van der Waals surface area contributed by atoms with Crippen LogP contribution in [0.2, 0.25) is 0 Å². The number of nitrogens with zero attached hydrogens (tertiary/aromatic N) is 1. The van der Waals surface area contributed by atoms with Crippen LogP contribution in [-0.4, -0.2) is 17.8 Å². The van der Waals surface area contributed by atoms with Crippen LogP contribution < -0.4 is 0 Å². The van der Waals surface area contributed by atoms with Crippen LogP contribution in [0.25, 0.3) is 21.8 Å². The second-order valence-electron chi connectivity index (χ2n) is 4.74. The summed E-state index contributed by atoms with van der Waals surface area (Å²) in [5.74, 6) is 0. The third kappa shape index (κ3) is 2.24. The predicted octanol–water partition coefficient (Wildman–Crippen LogP) is 4.22. The molecule has 1 aromatic heterocycles. The van der Waals surface area contributed by atoms with E-state index in [2.05, 4.69) is 53.1 Å². The summed E-state index contributed by atoms with van der Waals surface area (Å²) >= 11 is 0. The van der Waals surface area contributed by atoms with Gasteiger partial charge in [-0.3, -0.25) is 0 Å². The van der Waals surface area contributed by atoms with Gasteiger partial charge in [0.05, 0.1) is 0 Å². The normalized spacial score (nSPS) is 11.4. The summed E-state index contributed by atoms with van der Waals surface area (Å²) in [5.41, 5.74) is 2.64. The first-order valence-corrected chi connectivity index (χ1v) is 6.95. The van der Waals surface area contributed by atoms with Crippen LogP contribution in [0.4, 0.5) is 0 Å². The van der Waals surface area contributed by atoms with Crippen LogP contribution in [0.5, 0.6) is 0 Å². The summed E-state index contributed by atoms with van der Waals surface area (Å²) in [6, 6.07) is 17.3. The van der Waals surface area contributed by atoms with E-state index in [4.69, 9.17) is 4.74 Å². The summed E-state index contributed by atoms with van der Waals surface area (Å²) in [5, 5.41) is 2.68. The zero-order valence-electron chi connectivity index (χ0n) is 11.3. The highest BCUT2D eigenvalue weighted by Crippen LogP contribution is 2.28. The standard InChI is InChI=1S/C17H19NO/c1-2-19-13-7-12-18-16-10-5-3-8-14(16)15-9-4-6-11-17(15)18/h3-6,8-11H,2,7,12-13H2,1H3. The van der Waals surface area contributed by atoms with E-state index in [1.807, 2.05) is 6.92 Å². The molecule has 3 aromatic rings. The Morgan fingerprint density at radius 1 is 0.895 bits per heavy atom. The van der Waals surface area contributed by atoms with Gasteiger partial charge < -0.3 is 9.30 Å². The van der Waals surface area contributed by atoms with Gasteiger partial charge in [-0.2, -0.15) is 0 Å². The first kappa shape index (κ1) is 12.2. The van der Waals surface area contributed by atoms with Gasteiger partial charge in [0.15, 0.2) is 0 Å². The van der Waals surface area contributed by atoms with Crippen LogP contribution in [0.3, 0.4) is 0 Å². The van der Waals surface area contributed by atoms with Gasteiger partial charge in [-0.05, 0) is 25.5 Å². The Kier molecular flexibility index (Phi) is 3.51.